The molecule has 0 heterocycles. The lowest BCUT2D eigenvalue weighted by Crippen LogP contribution is -2.25. The maximum atomic E-state index is 4.30. The van der Waals surface area contributed by atoms with Crippen LogP contribution in [-0.4, -0.2) is 49.1 Å². The monoisotopic (exact) mass is 255 g/mol. The molecular formula is C16H35N2. The highest BCUT2D eigenvalue weighted by Crippen LogP contribution is 2.13. The summed E-state index contributed by atoms with van der Waals surface area (Å²) in [7, 11) is 0. The van der Waals surface area contributed by atoms with Crippen molar-refractivity contribution in [1.29, 1.82) is 0 Å². The summed E-state index contributed by atoms with van der Waals surface area (Å²) in [4.78, 5) is 5.01. The molecule has 0 saturated carbocycles. The van der Waals surface area contributed by atoms with Gasteiger partial charge in [0, 0.05) is 0 Å². The van der Waals surface area contributed by atoms with Crippen LogP contribution in [0.4, 0.5) is 0 Å². The van der Waals surface area contributed by atoms with Crippen molar-refractivity contribution in [3.8, 4) is 0 Å². The van der Waals surface area contributed by atoms with Gasteiger partial charge in [-0.2, -0.15) is 0 Å². The molecule has 0 N–H and O–H groups in total. The number of nitrogens with zero attached hydrogens (tertiary/aromatic N) is 2. The zero-order valence-electron chi connectivity index (χ0n) is 13.2. The molecule has 109 valence electrons. The molecule has 0 saturated heterocycles. The van der Waals surface area contributed by atoms with Crippen LogP contribution in [0.25, 0.3) is 0 Å². The molecule has 0 spiro atoms. The van der Waals surface area contributed by atoms with E-state index in [0.717, 1.165) is 0 Å². The van der Waals surface area contributed by atoms with Gasteiger partial charge in [-0.3, -0.25) is 0 Å². The van der Waals surface area contributed by atoms with Crippen molar-refractivity contribution in [2.75, 3.05) is 39.3 Å². The summed E-state index contributed by atoms with van der Waals surface area (Å²) in [5, 5.41) is 0. The first-order chi connectivity index (χ1) is 8.67. The van der Waals surface area contributed by atoms with Gasteiger partial charge >= 0.3 is 0 Å². The summed E-state index contributed by atoms with van der Waals surface area (Å²) < 4.78 is 0. The van der Waals surface area contributed by atoms with E-state index in [9.17, 15) is 0 Å². The maximum absolute atomic E-state index is 4.30. The Balaban J connectivity index is 3.50. The molecule has 0 atom stereocenters. The fourth-order valence-corrected chi connectivity index (χ4v) is 2.43. The fraction of sp³-hybridized carbons (Fsp3) is 0.938. The SMILES string of the molecule is [CH2]C(CCCN(CC)CC)CCCN(CC)CC. The molecule has 0 rings (SSSR count). The third kappa shape index (κ3) is 8.93. The average molecular weight is 255 g/mol. The van der Waals surface area contributed by atoms with Crippen molar-refractivity contribution < 1.29 is 0 Å². The molecule has 0 fully saturated rings. The van der Waals surface area contributed by atoms with Crippen LogP contribution in [0.5, 0.6) is 0 Å². The van der Waals surface area contributed by atoms with Crippen LogP contribution in [-0.2, 0) is 0 Å². The molecule has 0 aromatic rings. The van der Waals surface area contributed by atoms with Gasteiger partial charge in [-0.1, -0.05) is 34.6 Å². The van der Waals surface area contributed by atoms with Crippen molar-refractivity contribution >= 4 is 0 Å². The second-order valence-corrected chi connectivity index (χ2v) is 5.20. The normalized spacial score (nSPS) is 12.0. The van der Waals surface area contributed by atoms with Crippen LogP contribution >= 0.6 is 0 Å². The Morgan fingerprint density at radius 3 is 1.33 bits per heavy atom. The van der Waals surface area contributed by atoms with Gasteiger partial charge in [0.25, 0.3) is 0 Å². The van der Waals surface area contributed by atoms with E-state index in [1.54, 1.807) is 0 Å². The van der Waals surface area contributed by atoms with E-state index >= 15 is 0 Å². The number of hydrogen-bond donors (Lipinski definition) is 0. The summed E-state index contributed by atoms with van der Waals surface area (Å²) >= 11 is 0. The predicted molar refractivity (Wildman–Crippen MR) is 82.9 cm³/mol. The van der Waals surface area contributed by atoms with Crippen LogP contribution < -0.4 is 0 Å². The topological polar surface area (TPSA) is 6.48 Å². The highest BCUT2D eigenvalue weighted by atomic mass is 15.1. The lowest BCUT2D eigenvalue weighted by molar-refractivity contribution is 0.277. The average Bonchev–Trinajstić information content (AvgIpc) is 2.40. The molecule has 2 nitrogen and oxygen atoms in total. The summed E-state index contributed by atoms with van der Waals surface area (Å²) in [5.41, 5.74) is 0. The number of hydrogen-bond acceptors (Lipinski definition) is 2. The van der Waals surface area contributed by atoms with Crippen molar-refractivity contribution in [2.45, 2.75) is 53.4 Å². The van der Waals surface area contributed by atoms with E-state index < -0.39 is 0 Å². The minimum Gasteiger partial charge on any atom is -0.304 e. The quantitative estimate of drug-likeness (QED) is 0.525. The van der Waals surface area contributed by atoms with Crippen molar-refractivity contribution in [1.82, 2.24) is 9.80 Å². The first-order valence-electron chi connectivity index (χ1n) is 7.95. The lowest BCUT2D eigenvalue weighted by atomic mass is 9.99. The summed E-state index contributed by atoms with van der Waals surface area (Å²) in [6.07, 6.45) is 5.19. The molecule has 18 heavy (non-hydrogen) atoms. The van der Waals surface area contributed by atoms with Crippen LogP contribution in [0.1, 0.15) is 53.4 Å². The van der Waals surface area contributed by atoms with Crippen LogP contribution in [0, 0.1) is 12.8 Å². The molecule has 2 heteroatoms. The highest BCUT2D eigenvalue weighted by Gasteiger charge is 2.05. The Morgan fingerprint density at radius 2 is 1.06 bits per heavy atom. The largest absolute Gasteiger partial charge is 0.304 e. The maximum Gasteiger partial charge on any atom is -0.00189 e. The van der Waals surface area contributed by atoms with Gasteiger partial charge in [0.2, 0.25) is 0 Å². The predicted octanol–water partition coefficient (Wildman–Crippen LogP) is 3.68. The standard InChI is InChI=1S/C16H35N2/c1-6-17(7-2)14-10-12-16(5)13-11-15-18(8-3)9-4/h16H,5-15H2,1-4H3. The minimum atomic E-state index is 0.649. The molecule has 0 amide bonds. The molecule has 0 aliphatic rings. The summed E-state index contributed by atoms with van der Waals surface area (Å²) in [5.74, 6) is 0.649. The Labute approximate surface area is 116 Å². The second kappa shape index (κ2) is 12.0. The Morgan fingerprint density at radius 1 is 0.722 bits per heavy atom. The Bertz CT molecular complexity index is 144. The van der Waals surface area contributed by atoms with Crippen LogP contribution in [0.15, 0.2) is 0 Å². The van der Waals surface area contributed by atoms with Gasteiger partial charge in [-0.15, -0.1) is 0 Å². The fourth-order valence-electron chi connectivity index (χ4n) is 2.43. The third-order valence-corrected chi connectivity index (χ3v) is 3.96. The van der Waals surface area contributed by atoms with E-state index in [4.69, 9.17) is 0 Å². The van der Waals surface area contributed by atoms with Gasteiger partial charge in [-0.05, 0) is 70.9 Å². The molecule has 1 radical (unpaired) electrons. The molecule has 0 unspecified atom stereocenters. The van der Waals surface area contributed by atoms with Gasteiger partial charge in [0.1, 0.15) is 0 Å². The van der Waals surface area contributed by atoms with Crippen molar-refractivity contribution in [3.05, 3.63) is 6.92 Å². The van der Waals surface area contributed by atoms with Crippen LogP contribution in [0.3, 0.4) is 0 Å². The van der Waals surface area contributed by atoms with Gasteiger partial charge in [0.15, 0.2) is 0 Å². The van der Waals surface area contributed by atoms with Gasteiger partial charge < -0.3 is 9.80 Å². The first-order valence-corrected chi connectivity index (χ1v) is 7.95. The first kappa shape index (κ1) is 17.9. The number of rotatable bonds is 12. The zero-order chi connectivity index (χ0) is 13.8. The Hall–Kier alpha value is -0.0800. The van der Waals surface area contributed by atoms with Crippen LogP contribution in [0.2, 0.25) is 0 Å². The summed E-state index contributed by atoms with van der Waals surface area (Å²) in [6, 6.07) is 0. The molecular weight excluding hydrogens is 220 g/mol. The summed E-state index contributed by atoms with van der Waals surface area (Å²) in [6.45, 7) is 20.5. The van der Waals surface area contributed by atoms with Gasteiger partial charge in [0.05, 0.1) is 0 Å². The van der Waals surface area contributed by atoms with E-state index in [1.807, 2.05) is 0 Å². The smallest absolute Gasteiger partial charge is 0.00189 e. The van der Waals surface area contributed by atoms with E-state index in [-0.39, 0.29) is 0 Å². The molecule has 0 aliphatic carbocycles. The molecule has 0 aromatic carbocycles. The van der Waals surface area contributed by atoms with E-state index in [0.29, 0.717) is 5.92 Å². The zero-order valence-corrected chi connectivity index (χ0v) is 13.2. The van der Waals surface area contributed by atoms with Crippen molar-refractivity contribution in [3.63, 3.8) is 0 Å². The van der Waals surface area contributed by atoms with E-state index in [1.165, 1.54) is 65.0 Å². The second-order valence-electron chi connectivity index (χ2n) is 5.20. The molecule has 0 bridgehead atoms. The minimum absolute atomic E-state index is 0.649. The highest BCUT2D eigenvalue weighted by molar-refractivity contribution is 4.65. The van der Waals surface area contributed by atoms with Crippen molar-refractivity contribution in [2.24, 2.45) is 5.92 Å². The van der Waals surface area contributed by atoms with E-state index in [2.05, 4.69) is 44.4 Å². The Kier molecular flexibility index (Phi) is 11.9. The molecule has 0 aromatic heterocycles. The van der Waals surface area contributed by atoms with Gasteiger partial charge in [-0.25, -0.2) is 0 Å². The molecule has 0 aliphatic heterocycles. The lowest BCUT2D eigenvalue weighted by Gasteiger charge is -2.20. The third-order valence-electron chi connectivity index (χ3n) is 3.96.